The minimum atomic E-state index is -0.101. The Kier molecular flexibility index (Phi) is 4.14. The third kappa shape index (κ3) is 3.22. The smallest absolute Gasteiger partial charge is 0.102 e. The van der Waals surface area contributed by atoms with Crippen molar-refractivity contribution in [2.24, 2.45) is 0 Å². The molecule has 0 bridgehead atoms. The van der Waals surface area contributed by atoms with Crippen LogP contribution in [0.15, 0.2) is 12.1 Å². The van der Waals surface area contributed by atoms with E-state index in [0.29, 0.717) is 19.8 Å². The molecule has 1 aromatic rings. The third-order valence-electron chi connectivity index (χ3n) is 2.81. The summed E-state index contributed by atoms with van der Waals surface area (Å²) in [4.78, 5) is 2.53. The van der Waals surface area contributed by atoms with E-state index in [1.165, 1.54) is 9.75 Å². The van der Waals surface area contributed by atoms with Crippen LogP contribution in [0, 0.1) is 0 Å². The van der Waals surface area contributed by atoms with E-state index in [4.69, 9.17) is 21.1 Å². The summed E-state index contributed by atoms with van der Waals surface area (Å²) in [6, 6.07) is 4.28. The van der Waals surface area contributed by atoms with Gasteiger partial charge in [0.1, 0.15) is 6.10 Å². The average Bonchev–Trinajstić information content (AvgIpc) is 2.78. The molecule has 0 N–H and O–H groups in total. The van der Waals surface area contributed by atoms with Crippen molar-refractivity contribution in [3.05, 3.63) is 21.9 Å². The molecule has 1 aromatic heterocycles. The normalized spacial score (nSPS) is 23.6. The Balaban J connectivity index is 2.08. The first-order valence-corrected chi connectivity index (χ1v) is 7.17. The van der Waals surface area contributed by atoms with Gasteiger partial charge in [0, 0.05) is 9.75 Å². The molecule has 1 aliphatic rings. The van der Waals surface area contributed by atoms with E-state index in [0.717, 1.165) is 0 Å². The van der Waals surface area contributed by atoms with Crippen molar-refractivity contribution in [3.8, 4) is 0 Å². The number of halogens is 1. The molecule has 0 radical (unpaired) electrons. The largest absolute Gasteiger partial charge is 0.376 e. The molecule has 1 fully saturated rings. The van der Waals surface area contributed by atoms with Gasteiger partial charge in [-0.15, -0.1) is 22.9 Å². The van der Waals surface area contributed by atoms with E-state index in [-0.39, 0.29) is 16.9 Å². The summed E-state index contributed by atoms with van der Waals surface area (Å²) < 4.78 is 11.0. The lowest BCUT2D eigenvalue weighted by molar-refractivity contribution is -0.0889. The first-order chi connectivity index (χ1) is 7.98. The van der Waals surface area contributed by atoms with Crippen LogP contribution >= 0.6 is 22.9 Å². The van der Waals surface area contributed by atoms with Gasteiger partial charge in [0.05, 0.1) is 25.2 Å². The van der Waals surface area contributed by atoms with Crippen LogP contribution in [0.25, 0.3) is 0 Å². The van der Waals surface area contributed by atoms with E-state index in [2.05, 4.69) is 32.9 Å². The molecule has 2 unspecified atom stereocenters. The molecule has 0 spiro atoms. The summed E-state index contributed by atoms with van der Waals surface area (Å²) in [7, 11) is 0. The van der Waals surface area contributed by atoms with Gasteiger partial charge in [-0.05, 0) is 17.5 Å². The summed E-state index contributed by atoms with van der Waals surface area (Å²) in [5, 5.41) is -0.101. The second-order valence-corrected chi connectivity index (χ2v) is 6.92. The van der Waals surface area contributed by atoms with Crippen LogP contribution in [0.2, 0.25) is 0 Å². The van der Waals surface area contributed by atoms with Crippen LogP contribution in [0.5, 0.6) is 0 Å². The standard InChI is InChI=1S/C13H19ClO2S/c1-13(2,3)11-5-4-10(17-11)12(14)9-8-15-6-7-16-9/h4-5,9,12H,6-8H2,1-3H3. The molecule has 96 valence electrons. The van der Waals surface area contributed by atoms with E-state index in [1.54, 1.807) is 11.3 Å². The fourth-order valence-corrected chi connectivity index (χ4v) is 3.21. The molecule has 1 saturated heterocycles. The summed E-state index contributed by atoms with van der Waals surface area (Å²) in [5.41, 5.74) is 0.184. The van der Waals surface area contributed by atoms with Crippen LogP contribution in [-0.4, -0.2) is 25.9 Å². The van der Waals surface area contributed by atoms with Gasteiger partial charge in [-0.25, -0.2) is 0 Å². The lowest BCUT2D eigenvalue weighted by Gasteiger charge is -2.26. The SMILES string of the molecule is CC(C)(C)c1ccc(C(Cl)C2COCCO2)s1. The molecule has 0 aliphatic carbocycles. The Labute approximate surface area is 112 Å². The fourth-order valence-electron chi connectivity index (χ4n) is 1.76. The highest BCUT2D eigenvalue weighted by Gasteiger charge is 2.27. The predicted octanol–water partition coefficient (Wildman–Crippen LogP) is 3.74. The molecule has 0 saturated carbocycles. The highest BCUT2D eigenvalue weighted by Crippen LogP contribution is 2.37. The number of hydrogen-bond donors (Lipinski definition) is 0. The maximum Gasteiger partial charge on any atom is 0.102 e. The monoisotopic (exact) mass is 274 g/mol. The predicted molar refractivity (Wildman–Crippen MR) is 72.2 cm³/mol. The summed E-state index contributed by atoms with van der Waals surface area (Å²) in [6.07, 6.45) is -0.0168. The minimum absolute atomic E-state index is 0.0168. The summed E-state index contributed by atoms with van der Waals surface area (Å²) >= 11 is 8.23. The van der Waals surface area contributed by atoms with E-state index < -0.39 is 0 Å². The average molecular weight is 275 g/mol. The molecule has 2 nitrogen and oxygen atoms in total. The molecule has 17 heavy (non-hydrogen) atoms. The molecule has 2 atom stereocenters. The van der Waals surface area contributed by atoms with Crippen molar-refractivity contribution in [1.82, 2.24) is 0 Å². The van der Waals surface area contributed by atoms with Crippen molar-refractivity contribution >= 4 is 22.9 Å². The molecule has 2 heterocycles. The Hall–Kier alpha value is -0.0900. The minimum Gasteiger partial charge on any atom is -0.376 e. The zero-order valence-electron chi connectivity index (χ0n) is 10.5. The van der Waals surface area contributed by atoms with Crippen LogP contribution in [0.3, 0.4) is 0 Å². The number of alkyl halides is 1. The molecule has 1 aliphatic heterocycles. The second kappa shape index (κ2) is 5.27. The van der Waals surface area contributed by atoms with Gasteiger partial charge in [-0.2, -0.15) is 0 Å². The van der Waals surface area contributed by atoms with Crippen molar-refractivity contribution < 1.29 is 9.47 Å². The molecular formula is C13H19ClO2S. The summed E-state index contributed by atoms with van der Waals surface area (Å²) in [6.45, 7) is 8.56. The van der Waals surface area contributed by atoms with E-state index in [1.807, 2.05) is 0 Å². The second-order valence-electron chi connectivity index (χ2n) is 5.34. The van der Waals surface area contributed by atoms with E-state index >= 15 is 0 Å². The van der Waals surface area contributed by atoms with Crippen molar-refractivity contribution in [2.45, 2.75) is 37.7 Å². The Bertz CT molecular complexity index is 364. The van der Waals surface area contributed by atoms with Crippen molar-refractivity contribution in [3.63, 3.8) is 0 Å². The van der Waals surface area contributed by atoms with Gasteiger partial charge in [0.25, 0.3) is 0 Å². The third-order valence-corrected chi connectivity index (χ3v) is 5.05. The quantitative estimate of drug-likeness (QED) is 0.765. The number of thiophene rings is 1. The van der Waals surface area contributed by atoms with Crippen LogP contribution in [-0.2, 0) is 14.9 Å². The Morgan fingerprint density at radius 1 is 1.35 bits per heavy atom. The van der Waals surface area contributed by atoms with Gasteiger partial charge >= 0.3 is 0 Å². The highest BCUT2D eigenvalue weighted by molar-refractivity contribution is 7.12. The van der Waals surface area contributed by atoms with Gasteiger partial charge in [-0.3, -0.25) is 0 Å². The van der Waals surface area contributed by atoms with E-state index in [9.17, 15) is 0 Å². The molecule has 2 rings (SSSR count). The van der Waals surface area contributed by atoms with Crippen molar-refractivity contribution in [1.29, 1.82) is 0 Å². The molecule has 0 aromatic carbocycles. The molecule has 4 heteroatoms. The zero-order valence-corrected chi connectivity index (χ0v) is 12.1. The van der Waals surface area contributed by atoms with Crippen LogP contribution in [0.1, 0.15) is 35.9 Å². The molecule has 0 amide bonds. The first kappa shape index (κ1) is 13.3. The summed E-state index contributed by atoms with van der Waals surface area (Å²) in [5.74, 6) is 0. The number of ether oxygens (including phenoxy) is 2. The number of hydrogen-bond acceptors (Lipinski definition) is 3. The fraction of sp³-hybridized carbons (Fsp3) is 0.692. The van der Waals surface area contributed by atoms with Gasteiger partial charge in [0.2, 0.25) is 0 Å². The van der Waals surface area contributed by atoms with Crippen molar-refractivity contribution in [2.75, 3.05) is 19.8 Å². The molecular weight excluding hydrogens is 256 g/mol. The Morgan fingerprint density at radius 3 is 2.65 bits per heavy atom. The maximum absolute atomic E-state index is 6.45. The maximum atomic E-state index is 6.45. The number of rotatable bonds is 2. The van der Waals surface area contributed by atoms with Gasteiger partial charge in [0.15, 0.2) is 0 Å². The van der Waals surface area contributed by atoms with Gasteiger partial charge < -0.3 is 9.47 Å². The Morgan fingerprint density at radius 2 is 2.12 bits per heavy atom. The lowest BCUT2D eigenvalue weighted by Crippen LogP contribution is -2.31. The lowest BCUT2D eigenvalue weighted by atomic mass is 9.95. The van der Waals surface area contributed by atoms with Crippen LogP contribution < -0.4 is 0 Å². The highest BCUT2D eigenvalue weighted by atomic mass is 35.5. The van der Waals surface area contributed by atoms with Gasteiger partial charge in [-0.1, -0.05) is 20.8 Å². The first-order valence-electron chi connectivity index (χ1n) is 5.92. The topological polar surface area (TPSA) is 18.5 Å². The van der Waals surface area contributed by atoms with Crippen LogP contribution in [0.4, 0.5) is 0 Å². The zero-order chi connectivity index (χ0) is 12.5.